The highest BCUT2D eigenvalue weighted by molar-refractivity contribution is 7.15. The van der Waals surface area contributed by atoms with Crippen LogP contribution in [-0.4, -0.2) is 35.0 Å². The molecule has 0 N–H and O–H groups in total. The van der Waals surface area contributed by atoms with Gasteiger partial charge in [0.2, 0.25) is 0 Å². The first kappa shape index (κ1) is 19.0. The van der Waals surface area contributed by atoms with Crippen LogP contribution in [0.1, 0.15) is 38.5 Å². The quantitative estimate of drug-likeness (QED) is 0.565. The van der Waals surface area contributed by atoms with Crippen molar-refractivity contribution in [3.63, 3.8) is 0 Å². The molecular weight excluding hydrogens is 392 g/mol. The number of nitrogens with zero attached hydrogens (tertiary/aromatic N) is 2. The first-order chi connectivity index (χ1) is 13.6. The Labute approximate surface area is 172 Å². The zero-order valence-electron chi connectivity index (χ0n) is 15.7. The Hall–Kier alpha value is -2.38. The van der Waals surface area contributed by atoms with E-state index in [1.165, 1.54) is 4.88 Å². The topological polar surface area (TPSA) is 51.5 Å². The number of amides is 1. The molecule has 1 aliphatic rings. The number of hydrogen-bond donors (Lipinski definition) is 0. The van der Waals surface area contributed by atoms with Crippen molar-refractivity contribution in [2.75, 3.05) is 13.7 Å². The number of ether oxygens (including phenoxy) is 1. The maximum absolute atomic E-state index is 12.9. The zero-order chi connectivity index (χ0) is 19.5. The van der Waals surface area contributed by atoms with Gasteiger partial charge in [0.25, 0.3) is 5.91 Å². The Kier molecular flexibility index (Phi) is 5.64. The molecule has 7 heteroatoms. The van der Waals surface area contributed by atoms with E-state index in [-0.39, 0.29) is 12.5 Å². The highest BCUT2D eigenvalue weighted by atomic mass is 32.1. The van der Waals surface area contributed by atoms with E-state index < -0.39 is 5.97 Å². The van der Waals surface area contributed by atoms with Crippen molar-refractivity contribution in [3.8, 4) is 5.00 Å². The van der Waals surface area contributed by atoms with Crippen LogP contribution in [0.2, 0.25) is 0 Å². The van der Waals surface area contributed by atoms with Crippen LogP contribution in [0.5, 0.6) is 0 Å². The third-order valence-electron chi connectivity index (χ3n) is 4.92. The van der Waals surface area contributed by atoms with Crippen LogP contribution >= 0.6 is 22.7 Å². The standard InChI is InChI=1S/C21H22N2O3S2/c1-22(13-15-7-6-12-27-15)18(24)14-26-21(25)19-16-8-2-3-9-17(16)28-20(19)23-10-4-5-11-23/h4-7,10-12H,2-3,8-9,13-14H2,1H3. The Morgan fingerprint density at radius 3 is 2.71 bits per heavy atom. The maximum Gasteiger partial charge on any atom is 0.341 e. The summed E-state index contributed by atoms with van der Waals surface area (Å²) in [4.78, 5) is 29.3. The van der Waals surface area contributed by atoms with Crippen LogP contribution in [-0.2, 0) is 28.9 Å². The lowest BCUT2D eigenvalue weighted by Gasteiger charge is -2.17. The first-order valence-corrected chi connectivity index (χ1v) is 11.0. The van der Waals surface area contributed by atoms with E-state index in [1.54, 1.807) is 34.6 Å². The Morgan fingerprint density at radius 2 is 1.96 bits per heavy atom. The summed E-state index contributed by atoms with van der Waals surface area (Å²) in [6.07, 6.45) is 8.01. The van der Waals surface area contributed by atoms with Gasteiger partial charge in [0.1, 0.15) is 5.00 Å². The molecule has 0 aliphatic heterocycles. The number of fused-ring (bicyclic) bond motifs is 1. The van der Waals surface area contributed by atoms with Crippen LogP contribution < -0.4 is 0 Å². The molecular formula is C21H22N2O3S2. The van der Waals surface area contributed by atoms with Gasteiger partial charge in [-0.25, -0.2) is 4.79 Å². The van der Waals surface area contributed by atoms with Crippen molar-refractivity contribution < 1.29 is 14.3 Å². The number of carbonyl (C=O) groups excluding carboxylic acids is 2. The second kappa shape index (κ2) is 8.32. The number of aromatic nitrogens is 1. The molecule has 0 fully saturated rings. The van der Waals surface area contributed by atoms with Gasteiger partial charge >= 0.3 is 5.97 Å². The summed E-state index contributed by atoms with van der Waals surface area (Å²) in [6, 6.07) is 7.83. The fourth-order valence-corrected chi connectivity index (χ4v) is 5.55. The van der Waals surface area contributed by atoms with Gasteiger partial charge in [-0.1, -0.05) is 6.07 Å². The zero-order valence-corrected chi connectivity index (χ0v) is 17.4. The molecule has 0 bridgehead atoms. The SMILES string of the molecule is CN(Cc1cccs1)C(=O)COC(=O)c1c(-n2cccc2)sc2c1CCCC2. The molecule has 3 aromatic rings. The van der Waals surface area contributed by atoms with Crippen LogP contribution in [0.15, 0.2) is 42.0 Å². The average molecular weight is 415 g/mol. The Bertz CT molecular complexity index is 958. The number of thiophene rings is 2. The number of aryl methyl sites for hydroxylation is 1. The normalized spacial score (nSPS) is 13.2. The molecule has 1 aliphatic carbocycles. The van der Waals surface area contributed by atoms with Gasteiger partial charge in [0.05, 0.1) is 12.1 Å². The van der Waals surface area contributed by atoms with E-state index in [1.807, 2.05) is 46.6 Å². The average Bonchev–Trinajstić information content (AvgIpc) is 3.45. The maximum atomic E-state index is 12.9. The molecule has 1 amide bonds. The van der Waals surface area contributed by atoms with Gasteiger partial charge in [-0.3, -0.25) is 4.79 Å². The minimum atomic E-state index is -0.402. The van der Waals surface area contributed by atoms with Crippen molar-refractivity contribution in [1.29, 1.82) is 0 Å². The van der Waals surface area contributed by atoms with Crippen molar-refractivity contribution in [3.05, 3.63) is 62.9 Å². The van der Waals surface area contributed by atoms with E-state index >= 15 is 0 Å². The van der Waals surface area contributed by atoms with Gasteiger partial charge in [0.15, 0.2) is 6.61 Å². The summed E-state index contributed by atoms with van der Waals surface area (Å²) in [5.41, 5.74) is 1.73. The molecule has 0 unspecified atom stereocenters. The summed E-state index contributed by atoms with van der Waals surface area (Å²) in [5, 5.41) is 2.87. The van der Waals surface area contributed by atoms with Gasteiger partial charge in [-0.15, -0.1) is 22.7 Å². The Balaban J connectivity index is 1.48. The smallest absolute Gasteiger partial charge is 0.341 e. The molecule has 4 rings (SSSR count). The number of hydrogen-bond acceptors (Lipinski definition) is 5. The van der Waals surface area contributed by atoms with E-state index in [2.05, 4.69) is 0 Å². The second-order valence-corrected chi connectivity index (χ2v) is 9.00. The minimum absolute atomic E-state index is 0.201. The molecule has 0 spiro atoms. The molecule has 146 valence electrons. The molecule has 3 heterocycles. The molecule has 0 atom stereocenters. The number of esters is 1. The van der Waals surface area contributed by atoms with Gasteiger partial charge in [0, 0.05) is 29.2 Å². The monoisotopic (exact) mass is 414 g/mol. The third kappa shape index (κ3) is 3.91. The van der Waals surface area contributed by atoms with Crippen molar-refractivity contribution in [2.45, 2.75) is 32.2 Å². The molecule has 0 saturated carbocycles. The van der Waals surface area contributed by atoms with Crippen LogP contribution in [0.25, 0.3) is 5.00 Å². The fraction of sp³-hybridized carbons (Fsp3) is 0.333. The Morgan fingerprint density at radius 1 is 1.18 bits per heavy atom. The lowest BCUT2D eigenvalue weighted by molar-refractivity contribution is -0.133. The highest BCUT2D eigenvalue weighted by Crippen LogP contribution is 2.37. The minimum Gasteiger partial charge on any atom is -0.452 e. The fourth-order valence-electron chi connectivity index (χ4n) is 3.45. The number of likely N-dealkylation sites (N-methyl/N-ethyl adjacent to an activating group) is 1. The second-order valence-electron chi connectivity index (χ2n) is 6.89. The molecule has 5 nitrogen and oxygen atoms in total. The molecule has 28 heavy (non-hydrogen) atoms. The molecule has 3 aromatic heterocycles. The van der Waals surface area contributed by atoms with Crippen LogP contribution in [0.4, 0.5) is 0 Å². The lowest BCUT2D eigenvalue weighted by atomic mass is 9.95. The van der Waals surface area contributed by atoms with Gasteiger partial charge in [-0.2, -0.15) is 0 Å². The van der Waals surface area contributed by atoms with E-state index in [9.17, 15) is 9.59 Å². The summed E-state index contributed by atoms with van der Waals surface area (Å²) >= 11 is 3.26. The van der Waals surface area contributed by atoms with E-state index in [0.717, 1.165) is 41.1 Å². The largest absolute Gasteiger partial charge is 0.452 e. The van der Waals surface area contributed by atoms with Crippen LogP contribution in [0.3, 0.4) is 0 Å². The third-order valence-corrected chi connectivity index (χ3v) is 7.09. The number of carbonyl (C=O) groups is 2. The summed E-state index contributed by atoms with van der Waals surface area (Å²) in [7, 11) is 1.73. The van der Waals surface area contributed by atoms with Gasteiger partial charge < -0.3 is 14.2 Å². The first-order valence-electron chi connectivity index (χ1n) is 9.35. The summed E-state index contributed by atoms with van der Waals surface area (Å²) in [6.45, 7) is 0.285. The van der Waals surface area contributed by atoms with Crippen molar-refractivity contribution in [2.24, 2.45) is 0 Å². The summed E-state index contributed by atoms with van der Waals surface area (Å²) in [5.74, 6) is -0.602. The molecule has 0 radical (unpaired) electrons. The van der Waals surface area contributed by atoms with Gasteiger partial charge in [-0.05, 0) is 54.8 Å². The van der Waals surface area contributed by atoms with E-state index in [4.69, 9.17) is 4.74 Å². The predicted octanol–water partition coefficient (Wildman–Crippen LogP) is 4.29. The molecule has 0 aromatic carbocycles. The number of rotatable bonds is 6. The van der Waals surface area contributed by atoms with E-state index in [0.29, 0.717) is 12.1 Å². The highest BCUT2D eigenvalue weighted by Gasteiger charge is 2.27. The van der Waals surface area contributed by atoms with Crippen LogP contribution in [0, 0.1) is 0 Å². The summed E-state index contributed by atoms with van der Waals surface area (Å²) < 4.78 is 7.42. The predicted molar refractivity (Wildman–Crippen MR) is 111 cm³/mol. The van der Waals surface area contributed by atoms with Crippen molar-refractivity contribution in [1.82, 2.24) is 9.47 Å². The lowest BCUT2D eigenvalue weighted by Crippen LogP contribution is -2.30. The van der Waals surface area contributed by atoms with Crippen molar-refractivity contribution >= 4 is 34.6 Å². The molecule has 0 saturated heterocycles.